The molecule has 2 aromatic rings. The molecule has 0 N–H and O–H groups in total. The van der Waals surface area contributed by atoms with E-state index in [0.717, 1.165) is 6.42 Å². The van der Waals surface area contributed by atoms with Crippen LogP contribution in [0, 0.1) is 5.41 Å². The maximum absolute atomic E-state index is 6.35. The molecule has 1 aliphatic rings. The van der Waals surface area contributed by atoms with Gasteiger partial charge in [0.25, 0.3) is 0 Å². The summed E-state index contributed by atoms with van der Waals surface area (Å²) in [6.45, 7) is 8.89. The topological polar surface area (TPSA) is 9.23 Å². The molecule has 19 heavy (non-hydrogen) atoms. The highest BCUT2D eigenvalue weighted by Gasteiger charge is 2.29. The maximum Gasteiger partial charge on any atom is 0.0875 e. The number of benzene rings is 2. The van der Waals surface area contributed by atoms with E-state index in [4.69, 9.17) is 4.74 Å². The molecule has 0 saturated carbocycles. The van der Waals surface area contributed by atoms with E-state index in [9.17, 15) is 0 Å². The Morgan fingerprint density at radius 2 is 1.79 bits per heavy atom. The van der Waals surface area contributed by atoms with Gasteiger partial charge >= 0.3 is 0 Å². The molecule has 2 atom stereocenters. The maximum atomic E-state index is 6.35. The molecule has 0 bridgehead atoms. The van der Waals surface area contributed by atoms with Gasteiger partial charge in [0.2, 0.25) is 0 Å². The summed E-state index contributed by atoms with van der Waals surface area (Å²) in [4.78, 5) is 0. The fourth-order valence-electron chi connectivity index (χ4n) is 2.77. The van der Waals surface area contributed by atoms with Gasteiger partial charge in [-0.2, -0.15) is 0 Å². The molecule has 0 aliphatic heterocycles. The third-order valence-corrected chi connectivity index (χ3v) is 4.36. The van der Waals surface area contributed by atoms with Gasteiger partial charge in [0, 0.05) is 6.42 Å². The van der Waals surface area contributed by atoms with Crippen molar-refractivity contribution >= 4 is 10.8 Å². The predicted octanol–water partition coefficient (Wildman–Crippen LogP) is 4.89. The highest BCUT2D eigenvalue weighted by atomic mass is 16.5. The van der Waals surface area contributed by atoms with Crippen LogP contribution in [0.1, 0.15) is 44.9 Å². The summed E-state index contributed by atoms with van der Waals surface area (Å²) in [7, 11) is 0. The molecular weight excluding hydrogens is 232 g/mol. The molecule has 0 radical (unpaired) electrons. The molecule has 100 valence electrons. The van der Waals surface area contributed by atoms with E-state index in [0.29, 0.717) is 0 Å². The van der Waals surface area contributed by atoms with Crippen molar-refractivity contribution in [2.24, 2.45) is 5.41 Å². The normalized spacial score (nSPS) is 19.9. The minimum atomic E-state index is 0.183. The number of rotatable bonds is 2. The molecule has 0 aromatic heterocycles. The zero-order valence-corrected chi connectivity index (χ0v) is 12.2. The zero-order valence-electron chi connectivity index (χ0n) is 12.2. The Morgan fingerprint density at radius 3 is 2.47 bits per heavy atom. The summed E-state index contributed by atoms with van der Waals surface area (Å²) in [5.74, 6) is 0. The molecule has 0 fully saturated rings. The van der Waals surface area contributed by atoms with Gasteiger partial charge in [0.15, 0.2) is 0 Å². The highest BCUT2D eigenvalue weighted by molar-refractivity contribution is 5.91. The van der Waals surface area contributed by atoms with E-state index in [1.807, 2.05) is 0 Å². The molecule has 1 aliphatic carbocycles. The minimum Gasteiger partial charge on any atom is -0.370 e. The standard InChI is InChI=1S/C18H22O/c1-12(18(2,3)4)19-16-11-14-9-5-7-13-8-6-10-15(16)17(13)14/h5-10,12,16H,11H2,1-4H3. The Morgan fingerprint density at radius 1 is 1.11 bits per heavy atom. The van der Waals surface area contributed by atoms with Crippen LogP contribution >= 0.6 is 0 Å². The Kier molecular flexibility index (Phi) is 2.90. The van der Waals surface area contributed by atoms with Crippen molar-refractivity contribution < 1.29 is 4.74 Å². The van der Waals surface area contributed by atoms with Gasteiger partial charge in [-0.1, -0.05) is 57.2 Å². The van der Waals surface area contributed by atoms with E-state index in [2.05, 4.69) is 64.1 Å². The fraction of sp³-hybridized carbons (Fsp3) is 0.444. The van der Waals surface area contributed by atoms with Crippen LogP contribution in [0.2, 0.25) is 0 Å². The van der Waals surface area contributed by atoms with Crippen molar-refractivity contribution in [3.8, 4) is 0 Å². The first-order chi connectivity index (χ1) is 8.97. The van der Waals surface area contributed by atoms with Gasteiger partial charge in [0.05, 0.1) is 12.2 Å². The average Bonchev–Trinajstić information content (AvgIpc) is 2.69. The van der Waals surface area contributed by atoms with E-state index < -0.39 is 0 Å². The lowest BCUT2D eigenvalue weighted by Gasteiger charge is -2.30. The van der Waals surface area contributed by atoms with Gasteiger partial charge in [0.1, 0.15) is 0 Å². The molecule has 1 heteroatoms. The van der Waals surface area contributed by atoms with Crippen LogP contribution in [-0.2, 0) is 11.2 Å². The third-order valence-electron chi connectivity index (χ3n) is 4.36. The fourth-order valence-corrected chi connectivity index (χ4v) is 2.77. The average molecular weight is 254 g/mol. The molecule has 2 unspecified atom stereocenters. The van der Waals surface area contributed by atoms with Crippen molar-refractivity contribution in [3.05, 3.63) is 47.5 Å². The summed E-state index contributed by atoms with van der Waals surface area (Å²) >= 11 is 0. The first kappa shape index (κ1) is 12.7. The van der Waals surface area contributed by atoms with Crippen molar-refractivity contribution in [2.45, 2.75) is 46.3 Å². The SMILES string of the molecule is CC(OC1Cc2cccc3cccc1c23)C(C)(C)C. The predicted molar refractivity (Wildman–Crippen MR) is 80.4 cm³/mol. The molecule has 2 aromatic carbocycles. The number of ether oxygens (including phenoxy) is 1. The quantitative estimate of drug-likeness (QED) is 0.741. The monoisotopic (exact) mass is 254 g/mol. The first-order valence-electron chi connectivity index (χ1n) is 7.13. The van der Waals surface area contributed by atoms with Gasteiger partial charge < -0.3 is 4.74 Å². The molecule has 3 rings (SSSR count). The summed E-state index contributed by atoms with van der Waals surface area (Å²) in [6.07, 6.45) is 1.48. The third kappa shape index (κ3) is 2.17. The summed E-state index contributed by atoms with van der Waals surface area (Å²) in [5, 5.41) is 2.75. The molecule has 0 saturated heterocycles. The summed E-state index contributed by atoms with van der Waals surface area (Å²) < 4.78 is 6.35. The number of hydrogen-bond acceptors (Lipinski definition) is 1. The van der Waals surface area contributed by atoms with Crippen molar-refractivity contribution in [1.82, 2.24) is 0 Å². The molecule has 1 nitrogen and oxygen atoms in total. The van der Waals surface area contributed by atoms with E-state index in [-0.39, 0.29) is 17.6 Å². The smallest absolute Gasteiger partial charge is 0.0875 e. The van der Waals surface area contributed by atoms with Gasteiger partial charge in [-0.05, 0) is 34.2 Å². The highest BCUT2D eigenvalue weighted by Crippen LogP contribution is 2.40. The van der Waals surface area contributed by atoms with Crippen molar-refractivity contribution in [2.75, 3.05) is 0 Å². The van der Waals surface area contributed by atoms with Crippen LogP contribution in [0.4, 0.5) is 0 Å². The van der Waals surface area contributed by atoms with Crippen LogP contribution in [0.3, 0.4) is 0 Å². The lowest BCUT2D eigenvalue weighted by Crippen LogP contribution is -2.27. The Balaban J connectivity index is 1.96. The van der Waals surface area contributed by atoms with Crippen LogP contribution < -0.4 is 0 Å². The Labute approximate surface area is 115 Å². The molecular formula is C18H22O. The number of hydrogen-bond donors (Lipinski definition) is 0. The van der Waals surface area contributed by atoms with E-state index in [1.54, 1.807) is 0 Å². The minimum absolute atomic E-state index is 0.183. The van der Waals surface area contributed by atoms with E-state index in [1.165, 1.54) is 21.9 Å². The van der Waals surface area contributed by atoms with Crippen LogP contribution in [0.25, 0.3) is 10.8 Å². The zero-order chi connectivity index (χ0) is 13.6. The van der Waals surface area contributed by atoms with Gasteiger partial charge in [-0.3, -0.25) is 0 Å². The van der Waals surface area contributed by atoms with Gasteiger partial charge in [-0.15, -0.1) is 0 Å². The summed E-state index contributed by atoms with van der Waals surface area (Å²) in [6, 6.07) is 13.1. The second-order valence-electron chi connectivity index (χ2n) is 6.70. The van der Waals surface area contributed by atoms with Crippen molar-refractivity contribution in [3.63, 3.8) is 0 Å². The van der Waals surface area contributed by atoms with Crippen LogP contribution in [0.5, 0.6) is 0 Å². The second kappa shape index (κ2) is 4.35. The van der Waals surface area contributed by atoms with Crippen LogP contribution in [0.15, 0.2) is 36.4 Å². The summed E-state index contributed by atoms with van der Waals surface area (Å²) in [5.41, 5.74) is 2.98. The first-order valence-corrected chi connectivity index (χ1v) is 7.13. The van der Waals surface area contributed by atoms with Crippen LogP contribution in [-0.4, -0.2) is 6.10 Å². The molecule has 0 heterocycles. The lowest BCUT2D eigenvalue weighted by atomic mass is 9.90. The van der Waals surface area contributed by atoms with E-state index >= 15 is 0 Å². The molecule has 0 spiro atoms. The van der Waals surface area contributed by atoms with Gasteiger partial charge in [-0.25, -0.2) is 0 Å². The Bertz CT molecular complexity index is 601. The Hall–Kier alpha value is -1.34. The second-order valence-corrected chi connectivity index (χ2v) is 6.70. The largest absolute Gasteiger partial charge is 0.370 e. The molecule has 0 amide bonds. The van der Waals surface area contributed by atoms with Crippen molar-refractivity contribution in [1.29, 1.82) is 0 Å². The lowest BCUT2D eigenvalue weighted by molar-refractivity contribution is -0.0546.